The molecule has 0 bridgehead atoms. The second-order valence-electron chi connectivity index (χ2n) is 9.37. The molecule has 0 aromatic heterocycles. The van der Waals surface area contributed by atoms with E-state index in [0.29, 0.717) is 32.7 Å². The summed E-state index contributed by atoms with van der Waals surface area (Å²) in [5, 5.41) is 0. The van der Waals surface area contributed by atoms with E-state index < -0.39 is 0 Å². The molecule has 1 aromatic rings. The van der Waals surface area contributed by atoms with Gasteiger partial charge in [-0.25, -0.2) is 0 Å². The van der Waals surface area contributed by atoms with Gasteiger partial charge < -0.3 is 14.5 Å². The van der Waals surface area contributed by atoms with Crippen LogP contribution in [0.3, 0.4) is 0 Å². The van der Waals surface area contributed by atoms with Crippen LogP contribution in [0.4, 0.5) is 0 Å². The molecule has 7 nitrogen and oxygen atoms in total. The van der Waals surface area contributed by atoms with Gasteiger partial charge >= 0.3 is 0 Å². The summed E-state index contributed by atoms with van der Waals surface area (Å²) in [6.45, 7) is 5.19. The Morgan fingerprint density at radius 2 is 1.73 bits per heavy atom. The van der Waals surface area contributed by atoms with Crippen LogP contribution < -0.4 is 0 Å². The first-order valence-electron chi connectivity index (χ1n) is 11.8. The number of ether oxygens (including phenoxy) is 1. The van der Waals surface area contributed by atoms with Crippen LogP contribution in [-0.2, 0) is 19.9 Å². The molecule has 1 aliphatic rings. The molecule has 2 rings (SSSR count). The molecule has 0 heterocycles. The van der Waals surface area contributed by atoms with Gasteiger partial charge in [-0.1, -0.05) is 30.3 Å². The molecular weight excluding hydrogens is 531 g/mol. The van der Waals surface area contributed by atoms with Crippen molar-refractivity contribution in [1.82, 2.24) is 17.8 Å². The molecule has 0 spiro atoms. The molecule has 1 aromatic carbocycles. The summed E-state index contributed by atoms with van der Waals surface area (Å²) in [6.07, 6.45) is 5.19. The summed E-state index contributed by atoms with van der Waals surface area (Å²) in [5.41, 5.74) is 1.01. The third-order valence-electron chi connectivity index (χ3n) is 7.27. The van der Waals surface area contributed by atoms with Gasteiger partial charge in [-0.3, -0.25) is 17.6 Å². The van der Waals surface area contributed by atoms with Crippen LogP contribution in [0.1, 0.15) is 44.6 Å². The number of halogens is 1. The van der Waals surface area contributed by atoms with E-state index in [1.807, 2.05) is 11.8 Å². The Bertz CT molecular complexity index is 738. The number of rotatable bonds is 13. The Labute approximate surface area is 213 Å². The summed E-state index contributed by atoms with van der Waals surface area (Å²) >= 11 is 2.08. The van der Waals surface area contributed by atoms with Gasteiger partial charge in [-0.15, -0.1) is 0 Å². The lowest BCUT2D eigenvalue weighted by Gasteiger charge is -2.54. The smallest absolute Gasteiger partial charge is 0.232 e. The molecule has 0 N–H and O–H groups in total. The van der Waals surface area contributed by atoms with Crippen LogP contribution >= 0.6 is 22.9 Å². The Hall–Kier alpha value is -1.23. The van der Waals surface area contributed by atoms with Gasteiger partial charge in [0.25, 0.3) is 0 Å². The monoisotopic (exact) mass is 572 g/mol. The normalized spacial score (nSPS) is 23.0. The van der Waals surface area contributed by atoms with Gasteiger partial charge in [-0.05, 0) is 59.3 Å². The number of hydrogen-bond acceptors (Lipinski definition) is 5. The van der Waals surface area contributed by atoms with Crippen molar-refractivity contribution in [3.63, 3.8) is 0 Å². The minimum Gasteiger partial charge on any atom is -0.383 e. The van der Waals surface area contributed by atoms with Crippen molar-refractivity contribution in [3.8, 4) is 0 Å². The van der Waals surface area contributed by atoms with Crippen LogP contribution in [-0.4, -0.2) is 96.7 Å². The van der Waals surface area contributed by atoms with E-state index in [9.17, 15) is 9.59 Å². The number of hydrogen-bond donors (Lipinski definition) is 0. The Balaban J connectivity index is 2.23. The maximum Gasteiger partial charge on any atom is 0.232 e. The first kappa shape index (κ1) is 28.0. The van der Waals surface area contributed by atoms with Gasteiger partial charge in [0.15, 0.2) is 0 Å². The van der Waals surface area contributed by atoms with Crippen LogP contribution in [0.25, 0.3) is 0 Å². The maximum absolute atomic E-state index is 12.3. The number of methoxy groups -OCH3 is 1. The minimum absolute atomic E-state index is 0.0437. The topological polar surface area (TPSA) is 56.3 Å². The van der Waals surface area contributed by atoms with E-state index >= 15 is 0 Å². The number of amides is 2. The van der Waals surface area contributed by atoms with Gasteiger partial charge in [0, 0.05) is 45.2 Å². The lowest BCUT2D eigenvalue weighted by atomic mass is 9.67. The quantitative estimate of drug-likeness (QED) is 0.206. The fourth-order valence-corrected chi connectivity index (χ4v) is 5.41. The number of carbonyl (C=O) groups is 2. The number of nitrogens with zero attached hydrogens (tertiary/aromatic N) is 4. The highest BCUT2D eigenvalue weighted by molar-refractivity contribution is 14.1. The first-order valence-corrected chi connectivity index (χ1v) is 12.8. The molecular formula is C25H41IN4O3. The first-order chi connectivity index (χ1) is 15.7. The van der Waals surface area contributed by atoms with Crippen molar-refractivity contribution < 1.29 is 14.3 Å². The van der Waals surface area contributed by atoms with Crippen molar-refractivity contribution in [1.29, 1.82) is 0 Å². The van der Waals surface area contributed by atoms with Crippen LogP contribution in [0.5, 0.6) is 0 Å². The van der Waals surface area contributed by atoms with Crippen molar-refractivity contribution in [2.75, 3.05) is 61.0 Å². The number of likely N-dealkylation sites (N-methyl/N-ethyl adjacent to an activating group) is 1. The highest BCUT2D eigenvalue weighted by Crippen LogP contribution is 2.46. The fourth-order valence-electron chi connectivity index (χ4n) is 5.16. The molecule has 8 heteroatoms. The minimum atomic E-state index is -0.277. The van der Waals surface area contributed by atoms with Crippen molar-refractivity contribution in [3.05, 3.63) is 35.9 Å². The van der Waals surface area contributed by atoms with Crippen molar-refractivity contribution in [2.45, 2.75) is 50.1 Å². The SMILES string of the molecule is CCN(I)C(=O)CCN(C)C[C@]1(N(C=O)CCOC)CC[C@@](c2ccccc2)(N(C)C)CC1. The third-order valence-corrected chi connectivity index (χ3v) is 8.49. The van der Waals surface area contributed by atoms with Crippen molar-refractivity contribution in [2.24, 2.45) is 0 Å². The zero-order valence-corrected chi connectivity index (χ0v) is 23.1. The average molecular weight is 573 g/mol. The third kappa shape index (κ3) is 6.90. The largest absolute Gasteiger partial charge is 0.383 e. The summed E-state index contributed by atoms with van der Waals surface area (Å²) in [5.74, 6) is 0.143. The standard InChI is InChI=1S/C25H41IN4O3/c1-6-30(26)23(32)12-17-28(4)20-24(29(21-31)18-19-33-5)13-15-25(16-14-24,27(2)3)22-10-8-7-9-11-22/h7-11,21H,6,12-20H2,1-5H3/t24-,25+. The predicted molar refractivity (Wildman–Crippen MR) is 141 cm³/mol. The zero-order chi connectivity index (χ0) is 24.5. The number of benzene rings is 1. The zero-order valence-electron chi connectivity index (χ0n) is 20.9. The van der Waals surface area contributed by atoms with Crippen LogP contribution in [0.2, 0.25) is 0 Å². The molecule has 33 heavy (non-hydrogen) atoms. The van der Waals surface area contributed by atoms with Gasteiger partial charge in [0.1, 0.15) is 0 Å². The van der Waals surface area contributed by atoms with Crippen LogP contribution in [0, 0.1) is 0 Å². The summed E-state index contributed by atoms with van der Waals surface area (Å²) in [7, 11) is 8.04. The predicted octanol–water partition coefficient (Wildman–Crippen LogP) is 3.38. The Kier molecular flexibility index (Phi) is 11.0. The van der Waals surface area contributed by atoms with E-state index in [1.54, 1.807) is 10.2 Å². The molecule has 1 saturated carbocycles. The molecule has 1 fully saturated rings. The summed E-state index contributed by atoms with van der Waals surface area (Å²) in [4.78, 5) is 31.0. The molecule has 0 atom stereocenters. The lowest BCUT2D eigenvalue weighted by molar-refractivity contribution is -0.130. The Morgan fingerprint density at radius 3 is 2.24 bits per heavy atom. The molecule has 0 unspecified atom stereocenters. The van der Waals surface area contributed by atoms with Gasteiger partial charge in [0.05, 0.1) is 35.0 Å². The second kappa shape index (κ2) is 13.0. The summed E-state index contributed by atoms with van der Waals surface area (Å²) in [6, 6.07) is 10.7. The molecule has 0 saturated heterocycles. The average Bonchev–Trinajstić information content (AvgIpc) is 2.83. The van der Waals surface area contributed by atoms with E-state index in [0.717, 1.165) is 38.6 Å². The van der Waals surface area contributed by atoms with E-state index in [2.05, 4.69) is 84.1 Å². The summed E-state index contributed by atoms with van der Waals surface area (Å²) < 4.78 is 7.03. The molecule has 0 radical (unpaired) electrons. The molecule has 2 amide bonds. The van der Waals surface area contributed by atoms with Crippen molar-refractivity contribution >= 4 is 35.2 Å². The molecule has 186 valence electrons. The van der Waals surface area contributed by atoms with E-state index in [4.69, 9.17) is 4.74 Å². The highest BCUT2D eigenvalue weighted by atomic mass is 127. The van der Waals surface area contributed by atoms with Gasteiger partial charge in [0.2, 0.25) is 12.3 Å². The maximum atomic E-state index is 12.3. The van der Waals surface area contributed by atoms with Crippen LogP contribution in [0.15, 0.2) is 30.3 Å². The van der Waals surface area contributed by atoms with Gasteiger partial charge in [-0.2, -0.15) is 0 Å². The number of carbonyl (C=O) groups excluding carboxylic acids is 2. The van der Waals surface area contributed by atoms with E-state index in [1.165, 1.54) is 5.56 Å². The molecule has 0 aliphatic heterocycles. The lowest BCUT2D eigenvalue weighted by Crippen LogP contribution is -2.60. The molecule has 1 aliphatic carbocycles. The van der Waals surface area contributed by atoms with E-state index in [-0.39, 0.29) is 17.0 Å². The fraction of sp³-hybridized carbons (Fsp3) is 0.680. The Morgan fingerprint density at radius 1 is 1.09 bits per heavy atom. The second-order valence-corrected chi connectivity index (χ2v) is 10.5. The highest BCUT2D eigenvalue weighted by Gasteiger charge is 2.47.